The molecule has 1 amide bonds. The van der Waals surface area contributed by atoms with Crippen molar-refractivity contribution in [2.45, 2.75) is 37.7 Å². The van der Waals surface area contributed by atoms with E-state index < -0.39 is 0 Å². The van der Waals surface area contributed by atoms with Crippen LogP contribution in [0.25, 0.3) is 0 Å². The summed E-state index contributed by atoms with van der Waals surface area (Å²) in [5.74, 6) is 1.29. The zero-order valence-corrected chi connectivity index (χ0v) is 17.6. The number of benzene rings is 1. The molecule has 7 nitrogen and oxygen atoms in total. The molecule has 0 unspecified atom stereocenters. The number of morpholine rings is 1. The number of carbonyl (C=O) groups is 1. The average molecular weight is 404 g/mol. The molecule has 2 heterocycles. The summed E-state index contributed by atoms with van der Waals surface area (Å²) in [6.45, 7) is 10.4. The van der Waals surface area contributed by atoms with Gasteiger partial charge in [0.2, 0.25) is 11.9 Å². The molecule has 0 aliphatic carbocycles. The lowest BCUT2D eigenvalue weighted by Gasteiger charge is -2.28. The van der Waals surface area contributed by atoms with Crippen molar-refractivity contribution in [1.82, 2.24) is 20.1 Å². The molecular weight excluding hydrogens is 374 g/mol. The first kappa shape index (κ1) is 20.7. The Kier molecular flexibility index (Phi) is 7.33. The molecule has 1 aromatic heterocycles. The molecule has 8 heteroatoms. The molecule has 1 aliphatic heterocycles. The molecule has 0 spiro atoms. The van der Waals surface area contributed by atoms with Gasteiger partial charge in [-0.05, 0) is 18.4 Å². The van der Waals surface area contributed by atoms with Gasteiger partial charge < -0.3 is 15.0 Å². The van der Waals surface area contributed by atoms with E-state index in [2.05, 4.69) is 51.0 Å². The fraction of sp³-hybridized carbons (Fsp3) is 0.550. The normalized spacial score (nSPS) is 15.6. The maximum Gasteiger partial charge on any atom is 0.233 e. The van der Waals surface area contributed by atoms with Gasteiger partial charge in [-0.15, -0.1) is 10.2 Å². The second-order valence-electron chi connectivity index (χ2n) is 7.35. The monoisotopic (exact) mass is 403 g/mol. The van der Waals surface area contributed by atoms with Crippen LogP contribution in [-0.2, 0) is 16.1 Å². The van der Waals surface area contributed by atoms with Gasteiger partial charge in [-0.3, -0.25) is 9.36 Å². The zero-order chi connectivity index (χ0) is 19.9. The van der Waals surface area contributed by atoms with E-state index in [0.29, 0.717) is 32.2 Å². The van der Waals surface area contributed by atoms with E-state index in [1.807, 2.05) is 25.1 Å². The van der Waals surface area contributed by atoms with Gasteiger partial charge in [0, 0.05) is 19.6 Å². The number of carbonyl (C=O) groups excluding carboxylic acids is 1. The Labute approximate surface area is 170 Å². The number of hydrogen-bond donors (Lipinski definition) is 1. The second kappa shape index (κ2) is 9.93. The third-order valence-electron chi connectivity index (χ3n) is 4.51. The Bertz CT molecular complexity index is 759. The minimum atomic E-state index is -0.241. The standard InChI is InChI=1S/C20H29N5O2S/c1-15(2)13-21-18(26)16(3)28-20-23-22-19(24-9-11-27-12-10-24)25(20)14-17-7-5-4-6-8-17/h4-8,15-16H,9-14H2,1-3H3,(H,21,26)/t16-/m1/s1. The van der Waals surface area contributed by atoms with Crippen molar-refractivity contribution in [1.29, 1.82) is 0 Å². The highest BCUT2D eigenvalue weighted by molar-refractivity contribution is 8.00. The summed E-state index contributed by atoms with van der Waals surface area (Å²) < 4.78 is 7.58. The van der Waals surface area contributed by atoms with Gasteiger partial charge in [-0.25, -0.2) is 0 Å². The molecule has 1 aliphatic rings. The molecule has 1 atom stereocenters. The Morgan fingerprint density at radius 1 is 1.18 bits per heavy atom. The Morgan fingerprint density at radius 3 is 2.57 bits per heavy atom. The van der Waals surface area contributed by atoms with E-state index in [9.17, 15) is 4.79 Å². The molecule has 2 aromatic rings. The lowest BCUT2D eigenvalue weighted by Crippen LogP contribution is -2.38. The average Bonchev–Trinajstić information content (AvgIpc) is 3.09. The first-order valence-corrected chi connectivity index (χ1v) is 10.7. The first-order valence-electron chi connectivity index (χ1n) is 9.78. The van der Waals surface area contributed by atoms with Gasteiger partial charge in [0.15, 0.2) is 5.16 Å². The molecule has 1 aromatic carbocycles. The van der Waals surface area contributed by atoms with Gasteiger partial charge in [-0.2, -0.15) is 0 Å². The van der Waals surface area contributed by atoms with Crippen molar-refractivity contribution in [3.63, 3.8) is 0 Å². The number of aromatic nitrogens is 3. The summed E-state index contributed by atoms with van der Waals surface area (Å²) in [7, 11) is 0. The predicted octanol–water partition coefficient (Wildman–Crippen LogP) is 2.42. The van der Waals surface area contributed by atoms with E-state index in [0.717, 1.165) is 24.2 Å². The molecule has 0 bridgehead atoms. The largest absolute Gasteiger partial charge is 0.378 e. The molecule has 1 fully saturated rings. The highest BCUT2D eigenvalue weighted by Gasteiger charge is 2.24. The third-order valence-corrected chi connectivity index (χ3v) is 5.59. The van der Waals surface area contributed by atoms with Gasteiger partial charge >= 0.3 is 0 Å². The number of ether oxygens (including phenoxy) is 1. The predicted molar refractivity (Wildman–Crippen MR) is 112 cm³/mol. The van der Waals surface area contributed by atoms with E-state index in [4.69, 9.17) is 4.74 Å². The number of rotatable bonds is 8. The number of nitrogens with zero attached hydrogens (tertiary/aromatic N) is 4. The Morgan fingerprint density at radius 2 is 1.89 bits per heavy atom. The summed E-state index contributed by atoms with van der Waals surface area (Å²) in [4.78, 5) is 14.6. The molecule has 0 radical (unpaired) electrons. The van der Waals surface area contributed by atoms with Crippen LogP contribution in [0, 0.1) is 5.92 Å². The molecule has 0 saturated carbocycles. The number of amides is 1. The lowest BCUT2D eigenvalue weighted by molar-refractivity contribution is -0.120. The van der Waals surface area contributed by atoms with Crippen LogP contribution >= 0.6 is 11.8 Å². The minimum Gasteiger partial charge on any atom is -0.378 e. The topological polar surface area (TPSA) is 72.3 Å². The number of anilines is 1. The number of hydrogen-bond acceptors (Lipinski definition) is 6. The van der Waals surface area contributed by atoms with Gasteiger partial charge in [-0.1, -0.05) is 55.9 Å². The smallest absolute Gasteiger partial charge is 0.233 e. The minimum absolute atomic E-state index is 0.0286. The quantitative estimate of drug-likeness (QED) is 0.683. The summed E-state index contributed by atoms with van der Waals surface area (Å²) >= 11 is 1.45. The van der Waals surface area contributed by atoms with Crippen molar-refractivity contribution in [3.05, 3.63) is 35.9 Å². The van der Waals surface area contributed by atoms with Gasteiger partial charge in [0.25, 0.3) is 0 Å². The Hall–Kier alpha value is -2.06. The maximum atomic E-state index is 12.4. The summed E-state index contributed by atoms with van der Waals surface area (Å²) in [5, 5.41) is 12.4. The molecule has 152 valence electrons. The van der Waals surface area contributed by atoms with E-state index in [1.165, 1.54) is 17.3 Å². The van der Waals surface area contributed by atoms with E-state index >= 15 is 0 Å². The molecule has 3 rings (SSSR count). The van der Waals surface area contributed by atoms with E-state index in [1.54, 1.807) is 0 Å². The summed E-state index contributed by atoms with van der Waals surface area (Å²) in [5.41, 5.74) is 1.18. The third kappa shape index (κ3) is 5.48. The second-order valence-corrected chi connectivity index (χ2v) is 8.66. The van der Waals surface area contributed by atoms with Crippen molar-refractivity contribution in [3.8, 4) is 0 Å². The van der Waals surface area contributed by atoms with Crippen molar-refractivity contribution < 1.29 is 9.53 Å². The fourth-order valence-electron chi connectivity index (χ4n) is 2.93. The zero-order valence-electron chi connectivity index (χ0n) is 16.8. The van der Waals surface area contributed by atoms with Gasteiger partial charge in [0.1, 0.15) is 0 Å². The van der Waals surface area contributed by atoms with Crippen LogP contribution in [-0.4, -0.2) is 58.8 Å². The molecular formula is C20H29N5O2S. The van der Waals surface area contributed by atoms with Crippen LogP contribution in [0.4, 0.5) is 5.95 Å². The Balaban J connectivity index is 1.79. The SMILES string of the molecule is CC(C)CNC(=O)[C@@H](C)Sc1nnc(N2CCOCC2)n1Cc1ccccc1. The van der Waals surface area contributed by atoms with Crippen molar-refractivity contribution in [2.24, 2.45) is 5.92 Å². The van der Waals surface area contributed by atoms with Crippen LogP contribution in [0.1, 0.15) is 26.3 Å². The van der Waals surface area contributed by atoms with Crippen LogP contribution < -0.4 is 10.2 Å². The first-order chi connectivity index (χ1) is 13.5. The lowest BCUT2D eigenvalue weighted by atomic mass is 10.2. The van der Waals surface area contributed by atoms with Crippen molar-refractivity contribution in [2.75, 3.05) is 37.7 Å². The number of thioether (sulfide) groups is 1. The van der Waals surface area contributed by atoms with Crippen LogP contribution in [0.15, 0.2) is 35.5 Å². The summed E-state index contributed by atoms with van der Waals surface area (Å²) in [6, 6.07) is 10.3. The highest BCUT2D eigenvalue weighted by Crippen LogP contribution is 2.27. The highest BCUT2D eigenvalue weighted by atomic mass is 32.2. The van der Waals surface area contributed by atoms with Crippen LogP contribution in [0.5, 0.6) is 0 Å². The molecule has 28 heavy (non-hydrogen) atoms. The summed E-state index contributed by atoms with van der Waals surface area (Å²) in [6.07, 6.45) is 0. The maximum absolute atomic E-state index is 12.4. The van der Waals surface area contributed by atoms with Crippen LogP contribution in [0.3, 0.4) is 0 Å². The van der Waals surface area contributed by atoms with E-state index in [-0.39, 0.29) is 11.2 Å². The number of nitrogens with one attached hydrogen (secondary N) is 1. The van der Waals surface area contributed by atoms with Gasteiger partial charge in [0.05, 0.1) is 25.0 Å². The molecule has 1 saturated heterocycles. The van der Waals surface area contributed by atoms with Crippen molar-refractivity contribution >= 4 is 23.6 Å². The fourth-order valence-corrected chi connectivity index (χ4v) is 3.80. The molecule has 1 N–H and O–H groups in total. The van der Waals surface area contributed by atoms with Crippen LogP contribution in [0.2, 0.25) is 0 Å².